The van der Waals surface area contributed by atoms with Gasteiger partial charge < -0.3 is 9.64 Å². The third kappa shape index (κ3) is 4.81. The maximum Gasteiger partial charge on any atom is 0.417 e. The van der Waals surface area contributed by atoms with Gasteiger partial charge in [0.15, 0.2) is 5.16 Å². The third-order valence-electron chi connectivity index (χ3n) is 3.70. The normalized spacial score (nSPS) is 10.7. The lowest BCUT2D eigenvalue weighted by Gasteiger charge is -2.12. The molecule has 0 radical (unpaired) electrons. The zero-order valence-electron chi connectivity index (χ0n) is 15.2. The molecule has 0 N–H and O–H groups in total. The average molecular weight is 403 g/mol. The van der Waals surface area contributed by atoms with Gasteiger partial charge in [-0.1, -0.05) is 64.4 Å². The van der Waals surface area contributed by atoms with Crippen molar-refractivity contribution in [3.05, 3.63) is 64.7 Å². The van der Waals surface area contributed by atoms with Crippen molar-refractivity contribution in [2.24, 2.45) is 0 Å². The van der Waals surface area contributed by atoms with E-state index in [1.165, 1.54) is 22.2 Å². The molecule has 1 aromatic heterocycles. The van der Waals surface area contributed by atoms with Crippen molar-refractivity contribution in [2.75, 3.05) is 14.1 Å². The highest BCUT2D eigenvalue weighted by Crippen LogP contribution is 2.29. The molecule has 0 spiro atoms. The van der Waals surface area contributed by atoms with Crippen molar-refractivity contribution in [1.82, 2.24) is 19.7 Å². The van der Waals surface area contributed by atoms with E-state index >= 15 is 0 Å². The number of carbonyl (C=O) groups excluding carboxylic acids is 1. The number of thioether (sulfide) groups is 1. The summed E-state index contributed by atoms with van der Waals surface area (Å²) in [5.74, 6) is 0.709. The summed E-state index contributed by atoms with van der Waals surface area (Å²) in [6, 6.07) is 15.6. The van der Waals surface area contributed by atoms with Crippen LogP contribution >= 0.6 is 23.4 Å². The number of halogens is 1. The van der Waals surface area contributed by atoms with Crippen molar-refractivity contribution >= 4 is 29.5 Å². The van der Waals surface area contributed by atoms with Crippen LogP contribution in [0.4, 0.5) is 4.79 Å². The monoisotopic (exact) mass is 402 g/mol. The Labute approximate surface area is 167 Å². The maximum atomic E-state index is 12.0. The molecule has 0 saturated carbocycles. The van der Waals surface area contributed by atoms with Crippen LogP contribution in [0.2, 0.25) is 5.02 Å². The van der Waals surface area contributed by atoms with Crippen molar-refractivity contribution < 1.29 is 9.53 Å². The van der Waals surface area contributed by atoms with Gasteiger partial charge in [-0.2, -0.15) is 0 Å². The third-order valence-corrected chi connectivity index (χ3v) is 4.94. The summed E-state index contributed by atoms with van der Waals surface area (Å²) in [6.45, 7) is 2.05. The summed E-state index contributed by atoms with van der Waals surface area (Å²) < 4.78 is 7.06. The van der Waals surface area contributed by atoms with E-state index in [0.717, 1.165) is 11.3 Å². The molecule has 0 saturated heterocycles. The van der Waals surface area contributed by atoms with E-state index in [9.17, 15) is 4.79 Å². The number of carbonyl (C=O) groups is 1. The van der Waals surface area contributed by atoms with E-state index in [2.05, 4.69) is 41.4 Å². The molecule has 0 aliphatic heterocycles. The summed E-state index contributed by atoms with van der Waals surface area (Å²) >= 11 is 7.64. The number of aromatic nitrogens is 3. The van der Waals surface area contributed by atoms with Gasteiger partial charge in [0.05, 0.1) is 5.69 Å². The Hall–Kier alpha value is -2.51. The number of aryl methyl sites for hydroxylation is 1. The predicted octanol–water partition coefficient (Wildman–Crippen LogP) is 4.58. The first-order valence-corrected chi connectivity index (χ1v) is 9.59. The summed E-state index contributed by atoms with van der Waals surface area (Å²) in [5, 5.41) is 9.44. The zero-order chi connectivity index (χ0) is 19.4. The van der Waals surface area contributed by atoms with Gasteiger partial charge in [-0.05, 0) is 30.7 Å². The van der Waals surface area contributed by atoms with Gasteiger partial charge in [0, 0.05) is 24.9 Å². The highest BCUT2D eigenvalue weighted by molar-refractivity contribution is 7.98. The highest BCUT2D eigenvalue weighted by Gasteiger charge is 2.19. The summed E-state index contributed by atoms with van der Waals surface area (Å²) in [5.41, 5.74) is 3.10. The van der Waals surface area contributed by atoms with Gasteiger partial charge in [-0.25, -0.2) is 9.36 Å². The van der Waals surface area contributed by atoms with Crippen LogP contribution in [-0.4, -0.2) is 39.9 Å². The van der Waals surface area contributed by atoms with Crippen LogP contribution in [0.3, 0.4) is 0 Å². The van der Waals surface area contributed by atoms with Crippen molar-refractivity contribution in [1.29, 1.82) is 0 Å². The Morgan fingerprint density at radius 1 is 1.19 bits per heavy atom. The maximum absolute atomic E-state index is 12.0. The van der Waals surface area contributed by atoms with E-state index in [1.807, 2.05) is 12.1 Å². The molecule has 3 rings (SSSR count). The van der Waals surface area contributed by atoms with E-state index in [1.54, 1.807) is 30.8 Å². The Morgan fingerprint density at radius 2 is 1.93 bits per heavy atom. The molecular formula is C19H19ClN4O2S. The van der Waals surface area contributed by atoms with Crippen LogP contribution in [0.25, 0.3) is 5.69 Å². The summed E-state index contributed by atoms with van der Waals surface area (Å²) in [4.78, 5) is 13.3. The quantitative estimate of drug-likeness (QED) is 0.584. The molecule has 0 aliphatic rings. The van der Waals surface area contributed by atoms with Crippen LogP contribution in [0.5, 0.6) is 6.01 Å². The minimum Gasteiger partial charge on any atom is -0.374 e. The Balaban J connectivity index is 1.91. The van der Waals surface area contributed by atoms with E-state index < -0.39 is 6.09 Å². The molecule has 6 nitrogen and oxygen atoms in total. The Bertz CT molecular complexity index is 941. The van der Waals surface area contributed by atoms with Gasteiger partial charge in [0.1, 0.15) is 0 Å². The molecule has 1 amide bonds. The number of benzene rings is 2. The minimum atomic E-state index is -0.527. The van der Waals surface area contributed by atoms with Crippen LogP contribution in [-0.2, 0) is 5.75 Å². The van der Waals surface area contributed by atoms with Crippen LogP contribution in [0.1, 0.15) is 11.1 Å². The molecule has 0 fully saturated rings. The second-order valence-corrected chi connectivity index (χ2v) is 7.50. The molecule has 140 valence electrons. The molecule has 0 bridgehead atoms. The molecule has 0 unspecified atom stereocenters. The molecule has 2 aromatic carbocycles. The lowest BCUT2D eigenvalue weighted by molar-refractivity contribution is 0.166. The summed E-state index contributed by atoms with van der Waals surface area (Å²) in [6.07, 6.45) is -0.527. The lowest BCUT2D eigenvalue weighted by Crippen LogP contribution is -2.26. The molecule has 0 atom stereocenters. The second-order valence-electron chi connectivity index (χ2n) is 6.12. The highest BCUT2D eigenvalue weighted by atomic mass is 35.5. The number of nitrogens with zero attached hydrogens (tertiary/aromatic N) is 4. The number of rotatable bonds is 5. The minimum absolute atomic E-state index is 0.0994. The molecule has 3 aromatic rings. The number of amides is 1. The largest absolute Gasteiger partial charge is 0.417 e. The number of hydrogen-bond acceptors (Lipinski definition) is 5. The Kier molecular flexibility index (Phi) is 6.03. The SMILES string of the molecule is Cc1ccc(CSc2nnc(OC(=O)N(C)C)n2-c2cccc(Cl)c2)cc1. The molecule has 0 aliphatic carbocycles. The smallest absolute Gasteiger partial charge is 0.374 e. The van der Waals surface area contributed by atoms with Gasteiger partial charge in [0.25, 0.3) is 0 Å². The van der Waals surface area contributed by atoms with E-state index in [-0.39, 0.29) is 6.01 Å². The first kappa shape index (κ1) is 19.3. The second kappa shape index (κ2) is 8.45. The lowest BCUT2D eigenvalue weighted by atomic mass is 10.2. The molecule has 27 heavy (non-hydrogen) atoms. The predicted molar refractivity (Wildman–Crippen MR) is 107 cm³/mol. The topological polar surface area (TPSA) is 60.3 Å². The van der Waals surface area contributed by atoms with Crippen molar-refractivity contribution in [3.63, 3.8) is 0 Å². The van der Waals surface area contributed by atoms with Crippen LogP contribution in [0.15, 0.2) is 53.7 Å². The van der Waals surface area contributed by atoms with Gasteiger partial charge in [-0.15, -0.1) is 5.10 Å². The van der Waals surface area contributed by atoms with Crippen LogP contribution < -0.4 is 4.74 Å². The van der Waals surface area contributed by atoms with E-state index in [0.29, 0.717) is 15.9 Å². The number of ether oxygens (including phenoxy) is 1. The standard InChI is InChI=1S/C19H19ClN4O2S/c1-13-7-9-14(10-8-13)12-27-18-22-21-17(26-19(25)23(2)3)24(18)16-6-4-5-15(20)11-16/h4-11H,12H2,1-3H3. The first-order chi connectivity index (χ1) is 12.9. The summed E-state index contributed by atoms with van der Waals surface area (Å²) in [7, 11) is 3.21. The molecular weight excluding hydrogens is 384 g/mol. The van der Waals surface area contributed by atoms with Crippen LogP contribution in [0, 0.1) is 6.92 Å². The van der Waals surface area contributed by atoms with Gasteiger partial charge in [-0.3, -0.25) is 0 Å². The fraction of sp³-hybridized carbons (Fsp3) is 0.211. The first-order valence-electron chi connectivity index (χ1n) is 8.23. The van der Waals surface area contributed by atoms with Crippen molar-refractivity contribution in [2.45, 2.75) is 17.8 Å². The van der Waals surface area contributed by atoms with Crippen molar-refractivity contribution in [3.8, 4) is 11.7 Å². The van der Waals surface area contributed by atoms with Gasteiger partial charge in [0.2, 0.25) is 0 Å². The van der Waals surface area contributed by atoms with Gasteiger partial charge >= 0.3 is 12.1 Å². The molecule has 8 heteroatoms. The number of hydrogen-bond donors (Lipinski definition) is 0. The average Bonchev–Trinajstić information content (AvgIpc) is 3.03. The molecule has 1 heterocycles. The Morgan fingerprint density at radius 3 is 2.59 bits per heavy atom. The fourth-order valence-corrected chi connectivity index (χ4v) is 3.34. The zero-order valence-corrected chi connectivity index (χ0v) is 16.8. The van der Waals surface area contributed by atoms with E-state index in [4.69, 9.17) is 16.3 Å². The fourth-order valence-electron chi connectivity index (χ4n) is 2.25.